The number of amidine groups is 1. The smallest absolute Gasteiger partial charge is 0.362 e. The van der Waals surface area contributed by atoms with Gasteiger partial charge in [-0.3, -0.25) is 10.8 Å². The number of hydrogen-bond donors (Lipinski definition) is 2. The van der Waals surface area contributed by atoms with Crippen molar-refractivity contribution in [3.63, 3.8) is 0 Å². The molecular weight excluding hydrogens is 393 g/mol. The maximum Gasteiger partial charge on any atom is 0.439 e. The van der Waals surface area contributed by atoms with Crippen LogP contribution >= 0.6 is 24.0 Å². The molecule has 27 heavy (non-hydrogen) atoms. The number of rotatable bonds is 4. The number of halogens is 3. The summed E-state index contributed by atoms with van der Waals surface area (Å²) in [7, 11) is 0. The fraction of sp³-hybridized carbons (Fsp3) is 0.722. The Labute approximate surface area is 168 Å². The van der Waals surface area contributed by atoms with Gasteiger partial charge in [0.25, 0.3) is 0 Å². The molecule has 0 bridgehead atoms. The van der Waals surface area contributed by atoms with Gasteiger partial charge in [-0.2, -0.15) is 13.2 Å². The highest BCUT2D eigenvalue weighted by atomic mass is 32.2. The summed E-state index contributed by atoms with van der Waals surface area (Å²) in [4.78, 5) is 4.46. The first-order valence-corrected chi connectivity index (χ1v) is 10.5. The van der Waals surface area contributed by atoms with Gasteiger partial charge in [0, 0.05) is 32.6 Å². The summed E-state index contributed by atoms with van der Waals surface area (Å²) < 4.78 is 37.3. The Morgan fingerprint density at radius 1 is 1.04 bits per heavy atom. The van der Waals surface area contributed by atoms with Gasteiger partial charge in [0.2, 0.25) is 0 Å². The minimum absolute atomic E-state index is 0.155. The average molecular weight is 421 g/mol. The molecule has 0 atom stereocenters. The van der Waals surface area contributed by atoms with Crippen LogP contribution in [0, 0.1) is 16.7 Å². The van der Waals surface area contributed by atoms with Crippen LogP contribution in [-0.4, -0.2) is 57.4 Å². The third-order valence-electron chi connectivity index (χ3n) is 5.08. The number of hydrogen-bond acceptors (Lipinski definition) is 4. The van der Waals surface area contributed by atoms with Gasteiger partial charge >= 0.3 is 6.18 Å². The van der Waals surface area contributed by atoms with E-state index in [0.29, 0.717) is 32.6 Å². The zero-order valence-corrected chi connectivity index (χ0v) is 17.0. The monoisotopic (exact) mass is 420 g/mol. The Bertz CT molecular complexity index is 578. The van der Waals surface area contributed by atoms with Crippen LogP contribution in [0.1, 0.15) is 44.9 Å². The summed E-state index contributed by atoms with van der Waals surface area (Å²) in [5, 5.41) is 13.1. The first-order valence-electron chi connectivity index (χ1n) is 9.28. The van der Waals surface area contributed by atoms with E-state index in [1.54, 1.807) is 4.90 Å². The van der Waals surface area contributed by atoms with Crippen molar-refractivity contribution in [2.75, 3.05) is 26.2 Å². The molecule has 0 aromatic heterocycles. The summed E-state index contributed by atoms with van der Waals surface area (Å²) >= 11 is 5.70. The van der Waals surface area contributed by atoms with E-state index in [2.05, 4.69) is 11.5 Å². The van der Waals surface area contributed by atoms with E-state index < -0.39 is 11.2 Å². The van der Waals surface area contributed by atoms with Crippen molar-refractivity contribution in [1.29, 1.82) is 10.8 Å². The highest BCUT2D eigenvalue weighted by Gasteiger charge is 2.36. The lowest BCUT2D eigenvalue weighted by Gasteiger charge is -2.37. The maximum absolute atomic E-state index is 12.4. The Balaban J connectivity index is 1.72. The maximum atomic E-state index is 12.4. The van der Waals surface area contributed by atoms with E-state index in [-0.39, 0.29) is 16.9 Å². The van der Waals surface area contributed by atoms with Crippen molar-refractivity contribution < 1.29 is 13.2 Å². The van der Waals surface area contributed by atoms with E-state index in [0.717, 1.165) is 22.9 Å². The van der Waals surface area contributed by atoms with Crippen LogP contribution in [0.4, 0.5) is 13.2 Å². The quantitative estimate of drug-likeness (QED) is 0.289. The molecule has 0 unspecified atom stereocenters. The summed E-state index contributed by atoms with van der Waals surface area (Å²) in [6, 6.07) is 0. The predicted molar refractivity (Wildman–Crippen MR) is 110 cm³/mol. The molecule has 1 aliphatic carbocycles. The molecule has 4 nitrogen and oxygen atoms in total. The Hall–Kier alpha value is -1.09. The number of thiocarbonyl (C=S) groups is 1. The summed E-state index contributed by atoms with van der Waals surface area (Å²) in [6.45, 7) is 6.23. The fourth-order valence-corrected chi connectivity index (χ4v) is 4.58. The molecule has 0 aromatic carbocycles. The van der Waals surface area contributed by atoms with Gasteiger partial charge in [-0.25, -0.2) is 0 Å². The second-order valence-electron chi connectivity index (χ2n) is 7.24. The van der Waals surface area contributed by atoms with E-state index in [9.17, 15) is 13.2 Å². The first kappa shape index (κ1) is 22.2. The number of piperazine rings is 1. The van der Waals surface area contributed by atoms with Gasteiger partial charge in [-0.05, 0) is 24.1 Å². The largest absolute Gasteiger partial charge is 0.439 e. The van der Waals surface area contributed by atoms with Crippen molar-refractivity contribution >= 4 is 39.2 Å². The molecule has 2 fully saturated rings. The molecule has 2 N–H and O–H groups in total. The van der Waals surface area contributed by atoms with Gasteiger partial charge in [-0.1, -0.05) is 56.5 Å². The summed E-state index contributed by atoms with van der Waals surface area (Å²) in [6.07, 6.45) is 3.52. The summed E-state index contributed by atoms with van der Waals surface area (Å²) in [5.41, 5.74) is 1.16. The van der Waals surface area contributed by atoms with Gasteiger partial charge in [0.05, 0.1) is 4.99 Å². The standard InChI is InChI=1S/C18H27F3N4S2/c1-13(11-14-5-3-2-4-6-14)12-15(26)24-7-9-25(10-8-24)17(23)27-16(22)18(19,20)21/h14,22-23H,1-12H2. The van der Waals surface area contributed by atoms with E-state index in [4.69, 9.17) is 23.0 Å². The molecule has 1 aliphatic heterocycles. The Morgan fingerprint density at radius 2 is 1.59 bits per heavy atom. The number of thioether (sulfide) groups is 1. The molecule has 1 saturated heterocycles. The van der Waals surface area contributed by atoms with Crippen LogP contribution in [0.3, 0.4) is 0 Å². The normalized spacial score (nSPS) is 19.1. The zero-order valence-electron chi connectivity index (χ0n) is 15.4. The molecule has 1 saturated carbocycles. The average Bonchev–Trinajstić information content (AvgIpc) is 2.61. The van der Waals surface area contributed by atoms with Gasteiger partial charge in [0.1, 0.15) is 0 Å². The fourth-order valence-electron chi connectivity index (χ4n) is 3.58. The third-order valence-corrected chi connectivity index (χ3v) is 6.37. The summed E-state index contributed by atoms with van der Waals surface area (Å²) in [5.74, 6) is 0.729. The molecule has 0 spiro atoms. The molecular formula is C18H27F3N4S2. The Kier molecular flexibility index (Phi) is 8.15. The minimum atomic E-state index is -4.70. The number of alkyl halides is 3. The highest BCUT2D eigenvalue weighted by Crippen LogP contribution is 2.30. The Morgan fingerprint density at radius 3 is 2.15 bits per heavy atom. The first-order chi connectivity index (χ1) is 12.7. The van der Waals surface area contributed by atoms with Gasteiger partial charge in [-0.15, -0.1) is 0 Å². The molecule has 0 radical (unpaired) electrons. The van der Waals surface area contributed by atoms with Crippen molar-refractivity contribution in [2.45, 2.75) is 51.1 Å². The number of nitrogens with one attached hydrogen (secondary N) is 2. The highest BCUT2D eigenvalue weighted by molar-refractivity contribution is 8.26. The lowest BCUT2D eigenvalue weighted by Crippen LogP contribution is -2.49. The van der Waals surface area contributed by atoms with Gasteiger partial charge < -0.3 is 9.80 Å². The molecule has 2 aliphatic rings. The SMILES string of the molecule is C=C(CC(=S)N1CCN(C(=N)SC(=N)C(F)(F)F)CC1)CC1CCCCC1. The minimum Gasteiger partial charge on any atom is -0.362 e. The van der Waals surface area contributed by atoms with Gasteiger partial charge in [0.15, 0.2) is 10.2 Å². The van der Waals surface area contributed by atoms with Crippen molar-refractivity contribution in [1.82, 2.24) is 9.80 Å². The van der Waals surface area contributed by atoms with Crippen LogP contribution in [0.2, 0.25) is 0 Å². The number of nitrogens with zero attached hydrogens (tertiary/aromatic N) is 2. The molecule has 0 aromatic rings. The zero-order chi connectivity index (χ0) is 20.0. The lowest BCUT2D eigenvalue weighted by molar-refractivity contribution is -0.0560. The molecule has 1 heterocycles. The van der Waals surface area contributed by atoms with Crippen LogP contribution in [0.15, 0.2) is 12.2 Å². The predicted octanol–water partition coefficient (Wildman–Crippen LogP) is 5.06. The molecule has 0 amide bonds. The molecule has 2 rings (SSSR count). The van der Waals surface area contributed by atoms with Crippen LogP contribution in [0.25, 0.3) is 0 Å². The van der Waals surface area contributed by atoms with E-state index in [1.807, 2.05) is 0 Å². The second kappa shape index (κ2) is 9.91. The van der Waals surface area contributed by atoms with Crippen LogP contribution in [0.5, 0.6) is 0 Å². The van der Waals surface area contributed by atoms with E-state index in [1.165, 1.54) is 32.1 Å². The second-order valence-corrected chi connectivity index (χ2v) is 8.71. The van der Waals surface area contributed by atoms with Crippen molar-refractivity contribution in [3.05, 3.63) is 12.2 Å². The topological polar surface area (TPSA) is 54.2 Å². The van der Waals surface area contributed by atoms with Crippen LogP contribution < -0.4 is 0 Å². The third kappa shape index (κ3) is 7.10. The van der Waals surface area contributed by atoms with Crippen LogP contribution in [-0.2, 0) is 0 Å². The molecule has 152 valence electrons. The van der Waals surface area contributed by atoms with Crippen molar-refractivity contribution in [2.24, 2.45) is 5.92 Å². The van der Waals surface area contributed by atoms with Crippen molar-refractivity contribution in [3.8, 4) is 0 Å². The lowest BCUT2D eigenvalue weighted by atomic mass is 9.84. The molecule has 9 heteroatoms. The van der Waals surface area contributed by atoms with E-state index >= 15 is 0 Å².